The first-order chi connectivity index (χ1) is 12.0. The van der Waals surface area contributed by atoms with Crippen LogP contribution in [0.25, 0.3) is 6.08 Å². The van der Waals surface area contributed by atoms with Crippen LogP contribution in [0.3, 0.4) is 0 Å². The Morgan fingerprint density at radius 1 is 1.20 bits per heavy atom. The number of hydrogen-bond acceptors (Lipinski definition) is 4. The first-order valence-electron chi connectivity index (χ1n) is 7.56. The van der Waals surface area contributed by atoms with E-state index in [1.54, 1.807) is 12.1 Å². The molecule has 0 heterocycles. The molecule has 0 aromatic heterocycles. The average molecular weight is 409 g/mol. The Bertz CT molecular complexity index is 774. The van der Waals surface area contributed by atoms with E-state index in [1.165, 1.54) is 19.2 Å². The summed E-state index contributed by atoms with van der Waals surface area (Å²) in [4.78, 5) is 11.8. The van der Waals surface area contributed by atoms with Gasteiger partial charge in [0.2, 0.25) is 0 Å². The van der Waals surface area contributed by atoms with Crippen molar-refractivity contribution in [3.8, 4) is 11.5 Å². The van der Waals surface area contributed by atoms with Crippen LogP contribution in [0.5, 0.6) is 11.5 Å². The van der Waals surface area contributed by atoms with E-state index in [1.807, 2.05) is 31.2 Å². The number of benzene rings is 2. The average Bonchev–Trinajstić information content (AvgIpc) is 2.60. The van der Waals surface area contributed by atoms with Gasteiger partial charge in [-0.3, -0.25) is 0 Å². The molecule has 0 fully saturated rings. The molecule has 0 unspecified atom stereocenters. The van der Waals surface area contributed by atoms with Crippen LogP contribution in [0.2, 0.25) is 0 Å². The Labute approximate surface area is 154 Å². The van der Waals surface area contributed by atoms with Gasteiger partial charge in [0.25, 0.3) is 0 Å². The second-order valence-electron chi connectivity index (χ2n) is 5.10. The summed E-state index contributed by atoms with van der Waals surface area (Å²) in [7, 11) is 1.53. The molecule has 4 nitrogen and oxygen atoms in total. The third-order valence-corrected chi connectivity index (χ3v) is 4.03. The monoisotopic (exact) mass is 408 g/mol. The molecule has 0 bridgehead atoms. The molecule has 0 saturated carbocycles. The highest BCUT2D eigenvalue weighted by Gasteiger charge is 2.10. The zero-order chi connectivity index (χ0) is 18.2. The number of ether oxygens (including phenoxy) is 3. The molecule has 25 heavy (non-hydrogen) atoms. The molecule has 0 aliphatic rings. The van der Waals surface area contributed by atoms with Gasteiger partial charge in [0, 0.05) is 10.0 Å². The van der Waals surface area contributed by atoms with Gasteiger partial charge in [-0.2, -0.15) is 0 Å². The maximum absolute atomic E-state index is 13.0. The molecule has 2 aromatic carbocycles. The van der Waals surface area contributed by atoms with Crippen molar-refractivity contribution < 1.29 is 23.4 Å². The van der Waals surface area contributed by atoms with Gasteiger partial charge in [-0.25, -0.2) is 9.18 Å². The second kappa shape index (κ2) is 9.22. The lowest BCUT2D eigenvalue weighted by Crippen LogP contribution is -2.15. The van der Waals surface area contributed by atoms with Crippen LogP contribution in [0.4, 0.5) is 4.39 Å². The van der Waals surface area contributed by atoms with Crippen LogP contribution in [0.1, 0.15) is 18.1 Å². The number of methoxy groups -OCH3 is 1. The van der Waals surface area contributed by atoms with Crippen molar-refractivity contribution in [3.05, 3.63) is 63.9 Å². The molecule has 0 atom stereocenters. The summed E-state index contributed by atoms with van der Waals surface area (Å²) >= 11 is 3.23. The fraction of sp³-hybridized carbons (Fsp3) is 0.211. The minimum absolute atomic E-state index is 0.0282. The minimum Gasteiger partial charge on any atom is -0.493 e. The zero-order valence-electron chi connectivity index (χ0n) is 13.9. The van der Waals surface area contributed by atoms with Crippen LogP contribution in [-0.2, 0) is 16.1 Å². The number of allylic oxidation sites excluding steroid dienone is 1. The summed E-state index contributed by atoms with van der Waals surface area (Å²) in [5.74, 6) is 0.0925. The van der Waals surface area contributed by atoms with Gasteiger partial charge >= 0.3 is 5.97 Å². The maximum atomic E-state index is 13.0. The predicted molar refractivity (Wildman–Crippen MR) is 97.1 cm³/mol. The fourth-order valence-electron chi connectivity index (χ4n) is 2.07. The third kappa shape index (κ3) is 5.60. The number of halogens is 2. The van der Waals surface area contributed by atoms with Crippen molar-refractivity contribution in [1.82, 2.24) is 0 Å². The van der Waals surface area contributed by atoms with E-state index in [2.05, 4.69) is 15.9 Å². The number of esters is 1. The second-order valence-corrected chi connectivity index (χ2v) is 5.95. The van der Waals surface area contributed by atoms with Crippen molar-refractivity contribution in [2.75, 3.05) is 13.7 Å². The third-order valence-electron chi connectivity index (χ3n) is 3.30. The first-order valence-corrected chi connectivity index (χ1v) is 8.36. The molecule has 0 N–H and O–H groups in total. The lowest BCUT2D eigenvalue weighted by Gasteiger charge is -2.11. The summed E-state index contributed by atoms with van der Waals surface area (Å²) in [5, 5.41) is 0. The van der Waals surface area contributed by atoms with Crippen LogP contribution in [0, 0.1) is 5.82 Å². The van der Waals surface area contributed by atoms with Gasteiger partial charge in [0.1, 0.15) is 12.4 Å². The van der Waals surface area contributed by atoms with Gasteiger partial charge in [-0.15, -0.1) is 0 Å². The first kappa shape index (κ1) is 19.0. The van der Waals surface area contributed by atoms with Crippen molar-refractivity contribution in [2.45, 2.75) is 13.5 Å². The molecule has 0 aliphatic carbocycles. The number of carbonyl (C=O) groups is 1. The van der Waals surface area contributed by atoms with Crippen molar-refractivity contribution >= 4 is 28.0 Å². The van der Waals surface area contributed by atoms with Gasteiger partial charge in [0.15, 0.2) is 18.1 Å². The van der Waals surface area contributed by atoms with Crippen LogP contribution >= 0.6 is 15.9 Å². The van der Waals surface area contributed by atoms with Gasteiger partial charge < -0.3 is 14.2 Å². The number of carbonyl (C=O) groups excluding carboxylic acids is 1. The van der Waals surface area contributed by atoms with E-state index >= 15 is 0 Å². The Kier molecular flexibility index (Phi) is 7.01. The zero-order valence-corrected chi connectivity index (χ0v) is 15.5. The van der Waals surface area contributed by atoms with Crippen LogP contribution in [0.15, 0.2) is 46.9 Å². The number of hydrogen-bond donors (Lipinski definition) is 0. The Morgan fingerprint density at radius 2 is 2.00 bits per heavy atom. The highest BCUT2D eigenvalue weighted by molar-refractivity contribution is 9.10. The summed E-state index contributed by atoms with van der Waals surface area (Å²) in [6.07, 6.45) is 3.85. The lowest BCUT2D eigenvalue weighted by molar-refractivity contribution is -0.147. The lowest BCUT2D eigenvalue weighted by atomic mass is 10.2. The largest absolute Gasteiger partial charge is 0.493 e. The normalized spacial score (nSPS) is 10.7. The van der Waals surface area contributed by atoms with Crippen molar-refractivity contribution in [3.63, 3.8) is 0 Å². The molecule has 0 spiro atoms. The predicted octanol–water partition coefficient (Wildman–Crippen LogP) is 4.75. The molecule has 0 amide bonds. The van der Waals surface area contributed by atoms with Gasteiger partial charge in [0.05, 0.1) is 7.11 Å². The van der Waals surface area contributed by atoms with E-state index in [9.17, 15) is 9.18 Å². The van der Waals surface area contributed by atoms with Crippen LogP contribution < -0.4 is 9.47 Å². The quantitative estimate of drug-likeness (QED) is 0.619. The topological polar surface area (TPSA) is 44.8 Å². The standard InChI is InChI=1S/C19H18BrFO4/c1-3-4-13-5-8-17(18(9-13)23-2)24-12-19(22)25-11-14-6-7-15(21)10-16(14)20/h3-10H,11-12H2,1-2H3/b4-3+. The van der Waals surface area contributed by atoms with Crippen molar-refractivity contribution in [1.29, 1.82) is 0 Å². The van der Waals surface area contributed by atoms with E-state index < -0.39 is 5.97 Å². The highest BCUT2D eigenvalue weighted by Crippen LogP contribution is 2.28. The maximum Gasteiger partial charge on any atom is 0.344 e. The number of rotatable bonds is 7. The molecule has 2 rings (SSSR count). The smallest absolute Gasteiger partial charge is 0.344 e. The Balaban J connectivity index is 1.91. The molecule has 6 heteroatoms. The summed E-state index contributed by atoms with van der Waals surface area (Å²) < 4.78 is 29.4. The summed E-state index contributed by atoms with van der Waals surface area (Å²) in [6, 6.07) is 9.59. The Hall–Kier alpha value is -2.34. The van der Waals surface area contributed by atoms with E-state index in [4.69, 9.17) is 14.2 Å². The fourth-order valence-corrected chi connectivity index (χ4v) is 2.54. The highest BCUT2D eigenvalue weighted by atomic mass is 79.9. The van der Waals surface area contributed by atoms with E-state index in [-0.39, 0.29) is 19.0 Å². The summed E-state index contributed by atoms with van der Waals surface area (Å²) in [6.45, 7) is 1.70. The summed E-state index contributed by atoms with van der Waals surface area (Å²) in [5.41, 5.74) is 1.64. The minimum atomic E-state index is -0.532. The molecule has 0 saturated heterocycles. The van der Waals surface area contributed by atoms with Gasteiger partial charge in [-0.1, -0.05) is 40.2 Å². The van der Waals surface area contributed by atoms with E-state index in [0.29, 0.717) is 21.5 Å². The van der Waals surface area contributed by atoms with Crippen molar-refractivity contribution in [2.24, 2.45) is 0 Å². The SMILES string of the molecule is C/C=C/c1ccc(OCC(=O)OCc2ccc(F)cc2Br)c(OC)c1. The Morgan fingerprint density at radius 3 is 2.68 bits per heavy atom. The molecule has 2 aromatic rings. The molecule has 132 valence electrons. The van der Waals surface area contributed by atoms with Gasteiger partial charge in [-0.05, 0) is 36.8 Å². The van der Waals surface area contributed by atoms with Crippen LogP contribution in [-0.4, -0.2) is 19.7 Å². The molecular weight excluding hydrogens is 391 g/mol. The molecule has 0 radical (unpaired) electrons. The molecule has 0 aliphatic heterocycles. The molecular formula is C19H18BrFO4. The van der Waals surface area contributed by atoms with E-state index in [0.717, 1.165) is 5.56 Å².